The second kappa shape index (κ2) is 6.57. The molecule has 1 aromatic rings. The predicted molar refractivity (Wildman–Crippen MR) is 78.8 cm³/mol. The fraction of sp³-hybridized carbons (Fsp3) is 0.118. The van der Waals surface area contributed by atoms with E-state index in [0.717, 1.165) is 11.1 Å². The Balaban J connectivity index is 2.23. The lowest BCUT2D eigenvalue weighted by Crippen LogP contribution is -2.09. The van der Waals surface area contributed by atoms with Crippen LogP contribution >= 0.6 is 0 Å². The third kappa shape index (κ3) is 3.26. The second-order valence-corrected chi connectivity index (χ2v) is 4.18. The molecule has 0 saturated heterocycles. The number of ether oxygens (including phenoxy) is 2. The molecule has 0 aromatic heterocycles. The van der Waals surface area contributed by atoms with Crippen LogP contribution in [0.5, 0.6) is 0 Å². The molecule has 0 amide bonds. The molecule has 0 saturated carbocycles. The standard InChI is InChI=1S/C17H16O3/c1-19-16-12-15(18)17(20-2)11-14(16)10-6-9-13-7-4-3-5-8-13/h3-12H,1-2H3/b9-6?,14-10+. The van der Waals surface area contributed by atoms with Gasteiger partial charge < -0.3 is 9.47 Å². The molecule has 0 radical (unpaired) electrons. The summed E-state index contributed by atoms with van der Waals surface area (Å²) in [6, 6.07) is 9.97. The van der Waals surface area contributed by atoms with Crippen molar-refractivity contribution in [3.05, 3.63) is 77.3 Å². The maximum absolute atomic E-state index is 11.6. The van der Waals surface area contributed by atoms with Gasteiger partial charge in [-0.15, -0.1) is 0 Å². The zero-order valence-electron chi connectivity index (χ0n) is 11.5. The first-order valence-corrected chi connectivity index (χ1v) is 6.24. The van der Waals surface area contributed by atoms with Crippen LogP contribution in [0.2, 0.25) is 0 Å². The van der Waals surface area contributed by atoms with Gasteiger partial charge in [0.25, 0.3) is 0 Å². The van der Waals surface area contributed by atoms with E-state index in [1.54, 1.807) is 13.2 Å². The largest absolute Gasteiger partial charge is 0.496 e. The van der Waals surface area contributed by atoms with Gasteiger partial charge >= 0.3 is 0 Å². The molecule has 20 heavy (non-hydrogen) atoms. The number of methoxy groups -OCH3 is 2. The maximum Gasteiger partial charge on any atom is 0.224 e. The molecule has 0 spiro atoms. The van der Waals surface area contributed by atoms with Crippen molar-refractivity contribution < 1.29 is 14.3 Å². The Bertz CT molecular complexity index is 604. The van der Waals surface area contributed by atoms with Gasteiger partial charge in [-0.1, -0.05) is 48.6 Å². The van der Waals surface area contributed by atoms with Crippen molar-refractivity contribution in [3.63, 3.8) is 0 Å². The van der Waals surface area contributed by atoms with Crippen LogP contribution in [0.15, 0.2) is 71.7 Å². The maximum atomic E-state index is 11.6. The van der Waals surface area contributed by atoms with Gasteiger partial charge in [-0.2, -0.15) is 0 Å². The van der Waals surface area contributed by atoms with Gasteiger partial charge in [-0.05, 0) is 11.6 Å². The summed E-state index contributed by atoms with van der Waals surface area (Å²) in [4.78, 5) is 11.6. The van der Waals surface area contributed by atoms with Crippen molar-refractivity contribution in [2.24, 2.45) is 0 Å². The number of allylic oxidation sites excluding steroid dienone is 4. The third-order valence-electron chi connectivity index (χ3n) is 2.88. The highest BCUT2D eigenvalue weighted by molar-refractivity contribution is 6.05. The Morgan fingerprint density at radius 1 is 0.950 bits per heavy atom. The molecule has 0 fully saturated rings. The zero-order valence-corrected chi connectivity index (χ0v) is 11.5. The molecular formula is C17H16O3. The first-order chi connectivity index (χ1) is 9.74. The predicted octanol–water partition coefficient (Wildman–Crippen LogP) is 3.27. The van der Waals surface area contributed by atoms with Crippen molar-refractivity contribution in [2.75, 3.05) is 14.2 Å². The van der Waals surface area contributed by atoms with Crippen molar-refractivity contribution in [1.29, 1.82) is 0 Å². The number of hydrogen-bond acceptors (Lipinski definition) is 3. The lowest BCUT2D eigenvalue weighted by Gasteiger charge is -2.13. The van der Waals surface area contributed by atoms with E-state index in [2.05, 4.69) is 0 Å². The zero-order chi connectivity index (χ0) is 14.4. The van der Waals surface area contributed by atoms with Crippen LogP contribution in [0.3, 0.4) is 0 Å². The van der Waals surface area contributed by atoms with Gasteiger partial charge in [0, 0.05) is 11.6 Å². The van der Waals surface area contributed by atoms with E-state index >= 15 is 0 Å². The summed E-state index contributed by atoms with van der Waals surface area (Å²) in [5.74, 6) is 0.659. The fourth-order valence-electron chi connectivity index (χ4n) is 1.85. The Morgan fingerprint density at radius 2 is 1.65 bits per heavy atom. The summed E-state index contributed by atoms with van der Waals surface area (Å²) < 4.78 is 10.2. The first-order valence-electron chi connectivity index (χ1n) is 6.24. The van der Waals surface area contributed by atoms with Gasteiger partial charge in [0.05, 0.1) is 14.2 Å². The van der Waals surface area contributed by atoms with Crippen LogP contribution in [0.1, 0.15) is 5.56 Å². The summed E-state index contributed by atoms with van der Waals surface area (Å²) in [5.41, 5.74) is 1.91. The highest BCUT2D eigenvalue weighted by atomic mass is 16.5. The lowest BCUT2D eigenvalue weighted by atomic mass is 10.0. The van der Waals surface area contributed by atoms with Crippen molar-refractivity contribution >= 4 is 11.9 Å². The summed E-state index contributed by atoms with van der Waals surface area (Å²) in [6.07, 6.45) is 8.89. The van der Waals surface area contributed by atoms with E-state index in [1.807, 2.05) is 48.6 Å². The molecule has 0 bridgehead atoms. The van der Waals surface area contributed by atoms with Gasteiger partial charge in [-0.25, -0.2) is 0 Å². The number of carbonyl (C=O) groups excluding carboxylic acids is 1. The first kappa shape index (κ1) is 13.9. The van der Waals surface area contributed by atoms with Gasteiger partial charge in [0.2, 0.25) is 5.78 Å². The van der Waals surface area contributed by atoms with Gasteiger partial charge in [0.1, 0.15) is 5.76 Å². The van der Waals surface area contributed by atoms with Gasteiger partial charge in [-0.3, -0.25) is 4.79 Å². The molecule has 0 N–H and O–H groups in total. The SMILES string of the molecule is COC1=C/C(=C\C=Cc2ccccc2)C(OC)=CC1=O. The topological polar surface area (TPSA) is 35.5 Å². The molecule has 1 aromatic carbocycles. The molecule has 0 unspecified atom stereocenters. The number of carbonyl (C=O) groups is 1. The fourth-order valence-corrected chi connectivity index (χ4v) is 1.85. The molecule has 1 aliphatic carbocycles. The Morgan fingerprint density at radius 3 is 2.30 bits per heavy atom. The molecule has 3 nitrogen and oxygen atoms in total. The molecule has 102 valence electrons. The number of hydrogen-bond donors (Lipinski definition) is 0. The highest BCUT2D eigenvalue weighted by Gasteiger charge is 2.18. The molecule has 1 aliphatic rings. The lowest BCUT2D eigenvalue weighted by molar-refractivity contribution is -0.114. The van der Waals surface area contributed by atoms with Crippen LogP contribution < -0.4 is 0 Å². The average molecular weight is 268 g/mol. The Hall–Kier alpha value is -2.55. The van der Waals surface area contributed by atoms with Crippen LogP contribution in [-0.2, 0) is 14.3 Å². The van der Waals surface area contributed by atoms with E-state index in [-0.39, 0.29) is 5.78 Å². The molecular weight excluding hydrogens is 252 g/mol. The van der Waals surface area contributed by atoms with Crippen LogP contribution in [0.4, 0.5) is 0 Å². The molecule has 3 heteroatoms. The number of rotatable bonds is 4. The van der Waals surface area contributed by atoms with E-state index in [0.29, 0.717) is 11.5 Å². The average Bonchev–Trinajstić information content (AvgIpc) is 2.49. The summed E-state index contributed by atoms with van der Waals surface area (Å²) in [6.45, 7) is 0. The van der Waals surface area contributed by atoms with E-state index in [9.17, 15) is 4.79 Å². The highest BCUT2D eigenvalue weighted by Crippen LogP contribution is 2.21. The number of benzene rings is 1. The molecule has 0 atom stereocenters. The molecule has 0 heterocycles. The summed E-state index contributed by atoms with van der Waals surface area (Å²) in [5, 5.41) is 0. The van der Waals surface area contributed by atoms with E-state index in [4.69, 9.17) is 9.47 Å². The monoisotopic (exact) mass is 268 g/mol. The minimum atomic E-state index is -0.187. The Kier molecular flexibility index (Phi) is 4.56. The minimum Gasteiger partial charge on any atom is -0.496 e. The normalized spacial score (nSPS) is 17.1. The molecule has 0 aliphatic heterocycles. The van der Waals surface area contributed by atoms with Crippen molar-refractivity contribution in [3.8, 4) is 0 Å². The van der Waals surface area contributed by atoms with Crippen LogP contribution in [-0.4, -0.2) is 20.0 Å². The third-order valence-corrected chi connectivity index (χ3v) is 2.88. The second-order valence-electron chi connectivity index (χ2n) is 4.18. The Labute approximate surface area is 118 Å². The van der Waals surface area contributed by atoms with E-state index in [1.165, 1.54) is 13.2 Å². The smallest absolute Gasteiger partial charge is 0.224 e. The quantitative estimate of drug-likeness (QED) is 0.840. The van der Waals surface area contributed by atoms with Gasteiger partial charge in [0.15, 0.2) is 5.76 Å². The van der Waals surface area contributed by atoms with Crippen molar-refractivity contribution in [1.82, 2.24) is 0 Å². The van der Waals surface area contributed by atoms with E-state index < -0.39 is 0 Å². The van der Waals surface area contributed by atoms with Crippen LogP contribution in [0.25, 0.3) is 6.08 Å². The summed E-state index contributed by atoms with van der Waals surface area (Å²) >= 11 is 0. The minimum absolute atomic E-state index is 0.187. The molecule has 2 rings (SSSR count). The number of ketones is 1. The van der Waals surface area contributed by atoms with Crippen molar-refractivity contribution in [2.45, 2.75) is 0 Å². The van der Waals surface area contributed by atoms with Crippen LogP contribution in [0, 0.1) is 0 Å². The summed E-state index contributed by atoms with van der Waals surface area (Å²) in [7, 11) is 3.02.